The molecular weight excluding hydrogens is 358 g/mol. The zero-order valence-electron chi connectivity index (χ0n) is 14.4. The first kappa shape index (κ1) is 18.2. The Morgan fingerprint density at radius 3 is 2.88 bits per heavy atom. The molecule has 2 heterocycles. The summed E-state index contributed by atoms with van der Waals surface area (Å²) in [5.74, 6) is -0.241. The number of benzene rings is 1. The molecule has 8 heteroatoms. The Kier molecular flexibility index (Phi) is 5.41. The highest BCUT2D eigenvalue weighted by Gasteiger charge is 2.21. The van der Waals surface area contributed by atoms with E-state index < -0.39 is 6.43 Å². The van der Waals surface area contributed by atoms with Crippen LogP contribution in [-0.4, -0.2) is 27.2 Å². The fourth-order valence-corrected chi connectivity index (χ4v) is 3.44. The third kappa shape index (κ3) is 3.80. The van der Waals surface area contributed by atoms with Gasteiger partial charge >= 0.3 is 0 Å². The van der Waals surface area contributed by atoms with Gasteiger partial charge in [0.2, 0.25) is 0 Å². The summed E-state index contributed by atoms with van der Waals surface area (Å²) in [4.78, 5) is 16.0. The van der Waals surface area contributed by atoms with Gasteiger partial charge < -0.3 is 5.32 Å². The molecule has 0 aliphatic carbocycles. The Morgan fingerprint density at radius 1 is 1.38 bits per heavy atom. The third-order valence-electron chi connectivity index (χ3n) is 4.04. The number of aromatic nitrogens is 3. The lowest BCUT2D eigenvalue weighted by Gasteiger charge is -2.13. The number of rotatable bonds is 6. The highest BCUT2D eigenvalue weighted by atomic mass is 32.1. The van der Waals surface area contributed by atoms with Crippen molar-refractivity contribution in [1.29, 1.82) is 0 Å². The maximum Gasteiger partial charge on any atom is 0.282 e. The van der Waals surface area contributed by atoms with Gasteiger partial charge in [-0.3, -0.25) is 9.48 Å². The van der Waals surface area contributed by atoms with E-state index in [0.29, 0.717) is 24.2 Å². The molecule has 1 N–H and O–H groups in total. The minimum absolute atomic E-state index is 0.227. The van der Waals surface area contributed by atoms with Gasteiger partial charge in [0.15, 0.2) is 0 Å². The maximum absolute atomic E-state index is 13.4. The molecule has 0 aliphatic heterocycles. The number of hydrogen-bond donors (Lipinski definition) is 1. The monoisotopic (exact) mass is 376 g/mol. The lowest BCUT2D eigenvalue weighted by molar-refractivity contribution is 0.0950. The molecule has 5 nitrogen and oxygen atoms in total. The summed E-state index contributed by atoms with van der Waals surface area (Å²) in [5.41, 5.74) is 4.71. The lowest BCUT2D eigenvalue weighted by atomic mass is 9.93. The average molecular weight is 376 g/mol. The number of carbonyl (C=O) groups excluding carboxylic acids is 1. The van der Waals surface area contributed by atoms with Crippen molar-refractivity contribution in [3.63, 3.8) is 0 Å². The fourth-order valence-electron chi connectivity index (χ4n) is 2.91. The first-order valence-electron chi connectivity index (χ1n) is 8.04. The number of nitrogens with one attached hydrogen (secondary N) is 1. The van der Waals surface area contributed by atoms with Crippen LogP contribution in [0, 0.1) is 6.92 Å². The van der Waals surface area contributed by atoms with E-state index in [4.69, 9.17) is 0 Å². The molecule has 26 heavy (non-hydrogen) atoms. The molecule has 0 fully saturated rings. The third-order valence-corrected chi connectivity index (χ3v) is 4.62. The Balaban J connectivity index is 1.83. The molecule has 3 aromatic rings. The molecule has 0 saturated carbocycles. The van der Waals surface area contributed by atoms with E-state index in [-0.39, 0.29) is 11.6 Å². The Bertz CT molecular complexity index is 906. The topological polar surface area (TPSA) is 59.8 Å². The molecule has 136 valence electrons. The van der Waals surface area contributed by atoms with Gasteiger partial charge in [0.05, 0.1) is 5.51 Å². The van der Waals surface area contributed by atoms with Crippen LogP contribution >= 0.6 is 11.3 Å². The van der Waals surface area contributed by atoms with Gasteiger partial charge in [-0.25, -0.2) is 13.8 Å². The van der Waals surface area contributed by atoms with Crippen molar-refractivity contribution in [3.05, 3.63) is 57.8 Å². The van der Waals surface area contributed by atoms with E-state index in [0.717, 1.165) is 16.7 Å². The van der Waals surface area contributed by atoms with Crippen LogP contribution in [0.2, 0.25) is 0 Å². The van der Waals surface area contributed by atoms with Crippen molar-refractivity contribution in [2.45, 2.75) is 19.8 Å². The predicted molar refractivity (Wildman–Crippen MR) is 96.5 cm³/mol. The number of hydrogen-bond acceptors (Lipinski definition) is 4. The van der Waals surface area contributed by atoms with Crippen LogP contribution in [0.3, 0.4) is 0 Å². The van der Waals surface area contributed by atoms with Crippen LogP contribution in [0.25, 0.3) is 11.1 Å². The number of nitrogens with zero attached hydrogens (tertiary/aromatic N) is 3. The van der Waals surface area contributed by atoms with Crippen LogP contribution in [0.4, 0.5) is 8.78 Å². The van der Waals surface area contributed by atoms with E-state index in [1.54, 1.807) is 24.1 Å². The standard InChI is InChI=1S/C18H18F2N4OS/c1-11-4-3-5-12(6-7-21-18(25)14-9-26-10-22-14)15(11)13-8-24(2)23-16(13)17(19)20/h3-5,8-10,17H,6-7H2,1-2H3,(H,21,25). The summed E-state index contributed by atoms with van der Waals surface area (Å²) in [6.45, 7) is 2.27. The van der Waals surface area contributed by atoms with Gasteiger partial charge in [-0.1, -0.05) is 18.2 Å². The van der Waals surface area contributed by atoms with Gasteiger partial charge in [-0.15, -0.1) is 11.3 Å². The summed E-state index contributed by atoms with van der Waals surface area (Å²) in [6.07, 6.45) is -0.519. The fraction of sp³-hybridized carbons (Fsp3) is 0.278. The molecule has 0 spiro atoms. The van der Waals surface area contributed by atoms with E-state index >= 15 is 0 Å². The number of thiazole rings is 1. The van der Waals surface area contributed by atoms with Crippen molar-refractivity contribution >= 4 is 17.2 Å². The molecular formula is C18H18F2N4OS. The summed E-state index contributed by atoms with van der Waals surface area (Å²) >= 11 is 1.35. The number of carbonyl (C=O) groups is 1. The molecule has 2 aromatic heterocycles. The Hall–Kier alpha value is -2.61. The van der Waals surface area contributed by atoms with Crippen LogP contribution in [0.5, 0.6) is 0 Å². The quantitative estimate of drug-likeness (QED) is 0.713. The average Bonchev–Trinajstić information content (AvgIpc) is 3.24. The number of amides is 1. The van der Waals surface area contributed by atoms with Gasteiger partial charge in [-0.2, -0.15) is 5.10 Å². The molecule has 0 bridgehead atoms. The first-order chi connectivity index (χ1) is 12.5. The van der Waals surface area contributed by atoms with Crippen LogP contribution in [0.1, 0.15) is 33.7 Å². The van der Waals surface area contributed by atoms with E-state index in [1.165, 1.54) is 16.0 Å². The van der Waals surface area contributed by atoms with Gasteiger partial charge in [0.1, 0.15) is 11.4 Å². The molecule has 0 unspecified atom stereocenters. The summed E-state index contributed by atoms with van der Waals surface area (Å²) in [7, 11) is 1.63. The van der Waals surface area contributed by atoms with E-state index in [2.05, 4.69) is 15.4 Å². The van der Waals surface area contributed by atoms with Crippen molar-refractivity contribution < 1.29 is 13.6 Å². The highest BCUT2D eigenvalue weighted by Crippen LogP contribution is 2.34. The minimum atomic E-state index is -2.65. The van der Waals surface area contributed by atoms with Crippen LogP contribution < -0.4 is 5.32 Å². The van der Waals surface area contributed by atoms with Crippen LogP contribution in [-0.2, 0) is 13.5 Å². The Morgan fingerprint density at radius 2 is 2.19 bits per heavy atom. The van der Waals surface area contributed by atoms with Gasteiger partial charge in [0, 0.05) is 30.7 Å². The first-order valence-corrected chi connectivity index (χ1v) is 8.98. The second-order valence-electron chi connectivity index (χ2n) is 5.89. The van der Waals surface area contributed by atoms with Crippen molar-refractivity contribution in [2.75, 3.05) is 6.54 Å². The normalized spacial score (nSPS) is 11.1. The van der Waals surface area contributed by atoms with Crippen molar-refractivity contribution in [1.82, 2.24) is 20.1 Å². The number of aryl methyl sites for hydroxylation is 2. The highest BCUT2D eigenvalue weighted by molar-refractivity contribution is 7.07. The Labute approximate surface area is 153 Å². The molecule has 0 atom stereocenters. The zero-order valence-corrected chi connectivity index (χ0v) is 15.2. The van der Waals surface area contributed by atoms with Crippen molar-refractivity contribution in [3.8, 4) is 11.1 Å². The van der Waals surface area contributed by atoms with Crippen LogP contribution in [0.15, 0.2) is 35.3 Å². The van der Waals surface area contributed by atoms with E-state index in [1.807, 2.05) is 25.1 Å². The number of halogens is 2. The molecule has 1 amide bonds. The van der Waals surface area contributed by atoms with E-state index in [9.17, 15) is 13.6 Å². The summed E-state index contributed by atoms with van der Waals surface area (Å²) in [5, 5.41) is 8.39. The molecule has 3 rings (SSSR count). The summed E-state index contributed by atoms with van der Waals surface area (Å²) < 4.78 is 28.1. The molecule has 1 aromatic carbocycles. The predicted octanol–water partition coefficient (Wildman–Crippen LogP) is 3.76. The smallest absolute Gasteiger partial charge is 0.282 e. The SMILES string of the molecule is Cc1cccc(CCNC(=O)c2cscn2)c1-c1cn(C)nc1C(F)F. The second kappa shape index (κ2) is 7.74. The summed E-state index contributed by atoms with van der Waals surface area (Å²) in [6, 6.07) is 5.66. The largest absolute Gasteiger partial charge is 0.350 e. The van der Waals surface area contributed by atoms with Crippen molar-refractivity contribution in [2.24, 2.45) is 7.05 Å². The number of alkyl halides is 2. The lowest BCUT2D eigenvalue weighted by Crippen LogP contribution is -2.26. The van der Waals surface area contributed by atoms with Gasteiger partial charge in [0.25, 0.3) is 12.3 Å². The second-order valence-corrected chi connectivity index (χ2v) is 6.61. The molecule has 0 aliphatic rings. The maximum atomic E-state index is 13.4. The molecule has 0 saturated heterocycles. The minimum Gasteiger partial charge on any atom is -0.350 e. The molecule has 0 radical (unpaired) electrons. The van der Waals surface area contributed by atoms with Gasteiger partial charge in [-0.05, 0) is 30.0 Å². The zero-order chi connectivity index (χ0) is 18.7.